The number of benzene rings is 1. The highest BCUT2D eigenvalue weighted by Gasteiger charge is 2.21. The van der Waals surface area contributed by atoms with E-state index in [4.69, 9.17) is 4.74 Å². The minimum Gasteiger partial charge on any atom is -0.375 e. The highest BCUT2D eigenvalue weighted by molar-refractivity contribution is 9.10. The molecule has 110 valence electrons. The molecule has 1 saturated heterocycles. The number of piperidine rings is 1. The first-order valence-electron chi connectivity index (χ1n) is 6.93. The molecule has 2 rings (SSSR count). The van der Waals surface area contributed by atoms with Crippen molar-refractivity contribution < 1.29 is 9.53 Å². The lowest BCUT2D eigenvalue weighted by Crippen LogP contribution is -2.45. The Labute approximate surface area is 128 Å². The summed E-state index contributed by atoms with van der Waals surface area (Å²) in [6, 6.07) is 8.85. The van der Waals surface area contributed by atoms with Gasteiger partial charge in [-0.1, -0.05) is 28.1 Å². The van der Waals surface area contributed by atoms with Crippen LogP contribution >= 0.6 is 15.9 Å². The first-order chi connectivity index (χ1) is 9.69. The molecule has 0 bridgehead atoms. The molecule has 1 aliphatic heterocycles. The minimum absolute atomic E-state index is 0.0962. The normalized spacial score (nSPS) is 16.4. The quantitative estimate of drug-likeness (QED) is 0.893. The first kappa shape index (κ1) is 15.5. The summed E-state index contributed by atoms with van der Waals surface area (Å²) in [5.74, 6) is 0.0962. The smallest absolute Gasteiger partial charge is 0.248 e. The van der Waals surface area contributed by atoms with Gasteiger partial charge in [-0.3, -0.25) is 4.79 Å². The Morgan fingerprint density at radius 1 is 1.35 bits per heavy atom. The molecule has 0 aliphatic carbocycles. The monoisotopic (exact) mass is 340 g/mol. The molecule has 1 aliphatic rings. The molecule has 1 aromatic carbocycles. The van der Waals surface area contributed by atoms with Gasteiger partial charge in [-0.05, 0) is 30.5 Å². The van der Waals surface area contributed by atoms with Crippen LogP contribution in [0.25, 0.3) is 0 Å². The van der Waals surface area contributed by atoms with E-state index in [1.54, 1.807) is 7.11 Å². The predicted molar refractivity (Wildman–Crippen MR) is 82.5 cm³/mol. The molecular formula is C15H21BrN2O2. The van der Waals surface area contributed by atoms with E-state index >= 15 is 0 Å². The topological polar surface area (TPSA) is 41.6 Å². The van der Waals surface area contributed by atoms with Gasteiger partial charge >= 0.3 is 0 Å². The van der Waals surface area contributed by atoms with Gasteiger partial charge in [-0.15, -0.1) is 0 Å². The van der Waals surface area contributed by atoms with Gasteiger partial charge in [-0.25, -0.2) is 0 Å². The van der Waals surface area contributed by atoms with E-state index in [2.05, 4.69) is 45.5 Å². The van der Waals surface area contributed by atoms with Crippen LogP contribution in [-0.2, 0) is 16.1 Å². The van der Waals surface area contributed by atoms with Crippen LogP contribution in [0.5, 0.6) is 0 Å². The van der Waals surface area contributed by atoms with Gasteiger partial charge in [0.2, 0.25) is 5.91 Å². The Morgan fingerprint density at radius 2 is 2.00 bits per heavy atom. The van der Waals surface area contributed by atoms with Crippen molar-refractivity contribution in [2.24, 2.45) is 0 Å². The molecule has 1 N–H and O–H groups in total. The fraction of sp³-hybridized carbons (Fsp3) is 0.533. The van der Waals surface area contributed by atoms with Gasteiger partial charge in [-0.2, -0.15) is 0 Å². The SMILES string of the molecule is COCC(=O)N1CCC(NCc2ccc(Br)cc2)CC1. The van der Waals surface area contributed by atoms with Gasteiger partial charge in [0.15, 0.2) is 0 Å². The number of methoxy groups -OCH3 is 1. The lowest BCUT2D eigenvalue weighted by molar-refractivity contribution is -0.136. The fourth-order valence-electron chi connectivity index (χ4n) is 2.41. The zero-order valence-corrected chi connectivity index (χ0v) is 13.4. The van der Waals surface area contributed by atoms with E-state index in [0.717, 1.165) is 36.9 Å². The third-order valence-corrected chi connectivity index (χ3v) is 4.15. The lowest BCUT2D eigenvalue weighted by Gasteiger charge is -2.32. The molecule has 0 unspecified atom stereocenters. The highest BCUT2D eigenvalue weighted by Crippen LogP contribution is 2.13. The molecular weight excluding hydrogens is 320 g/mol. The number of rotatable bonds is 5. The zero-order chi connectivity index (χ0) is 14.4. The van der Waals surface area contributed by atoms with E-state index in [9.17, 15) is 4.79 Å². The Morgan fingerprint density at radius 3 is 2.60 bits per heavy atom. The van der Waals surface area contributed by atoms with Crippen LogP contribution in [0.3, 0.4) is 0 Å². The maximum absolute atomic E-state index is 11.7. The average molecular weight is 341 g/mol. The standard InChI is InChI=1S/C15H21BrN2O2/c1-20-11-15(19)18-8-6-14(7-9-18)17-10-12-2-4-13(16)5-3-12/h2-5,14,17H,6-11H2,1H3. The maximum atomic E-state index is 11.7. The Kier molecular flexibility index (Phi) is 6.01. The summed E-state index contributed by atoms with van der Waals surface area (Å²) in [6.07, 6.45) is 2.01. The summed E-state index contributed by atoms with van der Waals surface area (Å²) >= 11 is 3.44. The van der Waals surface area contributed by atoms with E-state index in [1.807, 2.05) is 4.90 Å². The minimum atomic E-state index is 0.0962. The number of hydrogen-bond acceptors (Lipinski definition) is 3. The third-order valence-electron chi connectivity index (χ3n) is 3.62. The second-order valence-corrected chi connectivity index (χ2v) is 6.01. The maximum Gasteiger partial charge on any atom is 0.248 e. The van der Waals surface area contributed by atoms with Gasteiger partial charge in [0.05, 0.1) is 0 Å². The first-order valence-corrected chi connectivity index (χ1v) is 7.73. The van der Waals surface area contributed by atoms with Crippen LogP contribution < -0.4 is 5.32 Å². The van der Waals surface area contributed by atoms with Gasteiger partial charge in [0, 0.05) is 37.3 Å². The number of halogens is 1. The number of ether oxygens (including phenoxy) is 1. The van der Waals surface area contributed by atoms with Crippen molar-refractivity contribution in [3.8, 4) is 0 Å². The number of hydrogen-bond donors (Lipinski definition) is 1. The summed E-state index contributed by atoms with van der Waals surface area (Å²) in [4.78, 5) is 13.6. The number of carbonyl (C=O) groups is 1. The molecule has 4 nitrogen and oxygen atoms in total. The molecule has 0 saturated carbocycles. The Hall–Kier alpha value is -0.910. The van der Waals surface area contributed by atoms with Crippen LogP contribution in [0.2, 0.25) is 0 Å². The van der Waals surface area contributed by atoms with Gasteiger partial charge in [0.25, 0.3) is 0 Å². The summed E-state index contributed by atoms with van der Waals surface area (Å²) in [5, 5.41) is 3.56. The molecule has 1 heterocycles. The van der Waals surface area contributed by atoms with Crippen molar-refractivity contribution in [3.63, 3.8) is 0 Å². The molecule has 0 spiro atoms. The van der Waals surface area contributed by atoms with Gasteiger partial charge < -0.3 is 15.0 Å². The second-order valence-electron chi connectivity index (χ2n) is 5.10. The van der Waals surface area contributed by atoms with Crippen molar-refractivity contribution in [1.29, 1.82) is 0 Å². The summed E-state index contributed by atoms with van der Waals surface area (Å²) in [6.45, 7) is 2.71. The molecule has 1 fully saturated rings. The van der Waals surface area contributed by atoms with Crippen LogP contribution in [0.1, 0.15) is 18.4 Å². The molecule has 0 aromatic heterocycles. The largest absolute Gasteiger partial charge is 0.375 e. The average Bonchev–Trinajstić information content (AvgIpc) is 2.47. The number of nitrogens with zero attached hydrogens (tertiary/aromatic N) is 1. The van der Waals surface area contributed by atoms with Crippen LogP contribution in [0.15, 0.2) is 28.7 Å². The Bertz CT molecular complexity index is 428. The van der Waals surface area contributed by atoms with Crippen LogP contribution in [0.4, 0.5) is 0 Å². The van der Waals surface area contributed by atoms with Gasteiger partial charge in [0.1, 0.15) is 6.61 Å². The van der Waals surface area contributed by atoms with Crippen molar-refractivity contribution in [1.82, 2.24) is 10.2 Å². The molecule has 0 atom stereocenters. The Balaban J connectivity index is 1.72. The van der Waals surface area contributed by atoms with Crippen molar-refractivity contribution >= 4 is 21.8 Å². The number of likely N-dealkylation sites (tertiary alicyclic amines) is 1. The lowest BCUT2D eigenvalue weighted by atomic mass is 10.0. The van der Waals surface area contributed by atoms with E-state index in [1.165, 1.54) is 5.56 Å². The molecule has 1 aromatic rings. The number of amides is 1. The van der Waals surface area contributed by atoms with Crippen LogP contribution in [-0.4, -0.2) is 43.7 Å². The number of nitrogens with one attached hydrogen (secondary N) is 1. The second kappa shape index (κ2) is 7.76. The molecule has 5 heteroatoms. The summed E-state index contributed by atoms with van der Waals surface area (Å²) in [7, 11) is 1.56. The van der Waals surface area contributed by atoms with Crippen molar-refractivity contribution in [2.75, 3.05) is 26.8 Å². The van der Waals surface area contributed by atoms with Crippen molar-refractivity contribution in [2.45, 2.75) is 25.4 Å². The van der Waals surface area contributed by atoms with E-state index in [-0.39, 0.29) is 12.5 Å². The van der Waals surface area contributed by atoms with E-state index in [0.29, 0.717) is 6.04 Å². The zero-order valence-electron chi connectivity index (χ0n) is 11.8. The predicted octanol–water partition coefficient (Wildman–Crippen LogP) is 2.18. The fourth-order valence-corrected chi connectivity index (χ4v) is 2.68. The summed E-state index contributed by atoms with van der Waals surface area (Å²) in [5.41, 5.74) is 1.28. The van der Waals surface area contributed by atoms with E-state index < -0.39 is 0 Å². The van der Waals surface area contributed by atoms with Crippen molar-refractivity contribution in [3.05, 3.63) is 34.3 Å². The summed E-state index contributed by atoms with van der Waals surface area (Å²) < 4.78 is 5.99. The van der Waals surface area contributed by atoms with Crippen LogP contribution in [0, 0.1) is 0 Å². The molecule has 0 radical (unpaired) electrons. The molecule has 1 amide bonds. The molecule has 20 heavy (non-hydrogen) atoms. The highest BCUT2D eigenvalue weighted by atomic mass is 79.9. The number of carbonyl (C=O) groups excluding carboxylic acids is 1. The third kappa shape index (κ3) is 4.58.